The summed E-state index contributed by atoms with van der Waals surface area (Å²) in [6, 6.07) is 21.1. The summed E-state index contributed by atoms with van der Waals surface area (Å²) < 4.78 is 7.52. The zero-order valence-electron chi connectivity index (χ0n) is 16.4. The summed E-state index contributed by atoms with van der Waals surface area (Å²) in [5.74, 6) is 0.619. The molecule has 0 aromatic heterocycles. The molecule has 0 bridgehead atoms. The highest BCUT2D eigenvalue weighted by molar-refractivity contribution is 9.11. The van der Waals surface area contributed by atoms with Gasteiger partial charge in [-0.05, 0) is 41.0 Å². The number of rotatable bonds is 9. The highest BCUT2D eigenvalue weighted by atomic mass is 79.9. The lowest BCUT2D eigenvalue weighted by atomic mass is 9.76. The molecule has 0 aliphatic rings. The number of allylic oxidation sites excluding steroid dienone is 1. The molecule has 1 atom stereocenters. The molecule has 0 aliphatic carbocycles. The van der Waals surface area contributed by atoms with Gasteiger partial charge in [0.15, 0.2) is 0 Å². The van der Waals surface area contributed by atoms with Crippen LogP contribution < -0.4 is 10.4 Å². The summed E-state index contributed by atoms with van der Waals surface area (Å²) in [6.45, 7) is 6.99. The topological polar surface area (TPSA) is 9.23 Å². The quantitative estimate of drug-likeness (QED) is 0.220. The second-order valence-corrected chi connectivity index (χ2v) is 11.7. The summed E-state index contributed by atoms with van der Waals surface area (Å²) >= 11 is 7.34. The van der Waals surface area contributed by atoms with Crippen molar-refractivity contribution < 1.29 is 4.43 Å². The Morgan fingerprint density at radius 3 is 1.96 bits per heavy atom. The minimum Gasteiger partial charge on any atom is -0.538 e. The van der Waals surface area contributed by atoms with Gasteiger partial charge < -0.3 is 4.43 Å². The number of hydrogen-bond donors (Lipinski definition) is 0. The lowest BCUT2D eigenvalue weighted by Crippen LogP contribution is -2.43. The highest BCUT2D eigenvalue weighted by Crippen LogP contribution is 2.36. The second kappa shape index (κ2) is 11.2. The molecule has 2 rings (SSSR count). The van der Waals surface area contributed by atoms with E-state index in [-0.39, 0.29) is 5.41 Å². The van der Waals surface area contributed by atoms with Crippen molar-refractivity contribution in [3.63, 3.8) is 0 Å². The average Bonchev–Trinajstić information content (AvgIpc) is 2.66. The SMILES string of the molecule is CC(C)(C)C(CCCBr)CC(Br)=CO[Si](c1ccccc1)c1ccccc1. The van der Waals surface area contributed by atoms with Crippen LogP contribution in [0.4, 0.5) is 0 Å². The Kier molecular flexibility index (Phi) is 9.34. The van der Waals surface area contributed by atoms with Gasteiger partial charge in [0, 0.05) is 9.81 Å². The lowest BCUT2D eigenvalue weighted by molar-refractivity contribution is 0.225. The summed E-state index contributed by atoms with van der Waals surface area (Å²) in [4.78, 5) is 0. The zero-order valence-corrected chi connectivity index (χ0v) is 20.6. The van der Waals surface area contributed by atoms with E-state index in [0.29, 0.717) is 5.92 Å². The van der Waals surface area contributed by atoms with Gasteiger partial charge in [-0.25, -0.2) is 0 Å². The molecule has 0 amide bonds. The van der Waals surface area contributed by atoms with E-state index in [1.807, 2.05) is 6.26 Å². The third kappa shape index (κ3) is 7.59. The van der Waals surface area contributed by atoms with Crippen LogP contribution >= 0.6 is 31.9 Å². The van der Waals surface area contributed by atoms with Crippen molar-refractivity contribution in [1.82, 2.24) is 0 Å². The Labute approximate surface area is 183 Å². The predicted octanol–water partition coefficient (Wildman–Crippen LogP) is 6.27. The van der Waals surface area contributed by atoms with E-state index in [2.05, 4.69) is 113 Å². The third-order valence-corrected chi connectivity index (χ3v) is 7.87. The van der Waals surface area contributed by atoms with Gasteiger partial charge in [-0.3, -0.25) is 0 Å². The summed E-state index contributed by atoms with van der Waals surface area (Å²) in [5, 5.41) is 3.58. The van der Waals surface area contributed by atoms with Gasteiger partial charge in [0.1, 0.15) is 0 Å². The van der Waals surface area contributed by atoms with Crippen molar-refractivity contribution in [2.75, 3.05) is 5.33 Å². The van der Waals surface area contributed by atoms with Crippen molar-refractivity contribution in [1.29, 1.82) is 0 Å². The molecule has 27 heavy (non-hydrogen) atoms. The van der Waals surface area contributed by atoms with Crippen molar-refractivity contribution in [2.24, 2.45) is 11.3 Å². The minimum atomic E-state index is -1.30. The first kappa shape index (κ1) is 22.4. The van der Waals surface area contributed by atoms with Gasteiger partial charge in [0.05, 0.1) is 6.26 Å². The molecule has 4 heteroatoms. The molecule has 1 nitrogen and oxygen atoms in total. The molecule has 2 aromatic rings. The van der Waals surface area contributed by atoms with E-state index in [9.17, 15) is 0 Å². The fourth-order valence-electron chi connectivity index (χ4n) is 3.05. The number of benzene rings is 2. The molecule has 1 unspecified atom stereocenters. The molecule has 0 spiro atoms. The van der Waals surface area contributed by atoms with Crippen LogP contribution in [0, 0.1) is 11.3 Å². The molecule has 0 heterocycles. The molecule has 0 fully saturated rings. The minimum absolute atomic E-state index is 0.279. The second-order valence-electron chi connectivity index (χ2n) is 7.84. The van der Waals surface area contributed by atoms with E-state index in [1.54, 1.807) is 0 Å². The van der Waals surface area contributed by atoms with Crippen LogP contribution in [0.2, 0.25) is 0 Å². The average molecular weight is 509 g/mol. The van der Waals surface area contributed by atoms with Crippen LogP contribution in [0.1, 0.15) is 40.0 Å². The Morgan fingerprint density at radius 1 is 1.00 bits per heavy atom. The molecular weight excluding hydrogens is 480 g/mol. The molecule has 145 valence electrons. The highest BCUT2D eigenvalue weighted by Gasteiger charge is 2.25. The normalized spacial score (nSPS) is 13.6. The van der Waals surface area contributed by atoms with Crippen molar-refractivity contribution in [2.45, 2.75) is 40.0 Å². The maximum absolute atomic E-state index is 6.38. The van der Waals surface area contributed by atoms with E-state index in [4.69, 9.17) is 4.43 Å². The number of hydrogen-bond acceptors (Lipinski definition) is 1. The van der Waals surface area contributed by atoms with E-state index >= 15 is 0 Å². The molecule has 0 N–H and O–H groups in total. The molecule has 0 aliphatic heterocycles. The summed E-state index contributed by atoms with van der Waals surface area (Å²) in [6.07, 6.45) is 5.37. The Hall–Kier alpha value is -0.843. The fraction of sp³-hybridized carbons (Fsp3) is 0.391. The Morgan fingerprint density at radius 2 is 1.52 bits per heavy atom. The van der Waals surface area contributed by atoms with Crippen LogP contribution in [0.15, 0.2) is 71.4 Å². The maximum atomic E-state index is 6.38. The zero-order chi connectivity index (χ0) is 19.7. The van der Waals surface area contributed by atoms with Crippen LogP contribution in [0.25, 0.3) is 0 Å². The van der Waals surface area contributed by atoms with Crippen LogP contribution in [0.3, 0.4) is 0 Å². The van der Waals surface area contributed by atoms with E-state index < -0.39 is 9.04 Å². The van der Waals surface area contributed by atoms with E-state index in [1.165, 1.54) is 23.2 Å². The van der Waals surface area contributed by atoms with Crippen LogP contribution in [-0.4, -0.2) is 14.4 Å². The van der Waals surface area contributed by atoms with Crippen molar-refractivity contribution >= 4 is 51.3 Å². The van der Waals surface area contributed by atoms with Gasteiger partial charge in [0.25, 0.3) is 0 Å². The predicted molar refractivity (Wildman–Crippen MR) is 127 cm³/mol. The summed E-state index contributed by atoms with van der Waals surface area (Å²) in [7, 11) is -1.30. The fourth-order valence-corrected chi connectivity index (χ4v) is 5.89. The smallest absolute Gasteiger partial charge is 0.352 e. The number of alkyl halides is 1. The summed E-state index contributed by atoms with van der Waals surface area (Å²) in [5.41, 5.74) is 0.279. The van der Waals surface area contributed by atoms with Gasteiger partial charge in [-0.1, -0.05) is 113 Å². The molecule has 2 aromatic carbocycles. The van der Waals surface area contributed by atoms with Gasteiger partial charge in [0.2, 0.25) is 0 Å². The molecule has 0 saturated heterocycles. The Balaban J connectivity index is 2.15. The first-order valence-corrected chi connectivity index (χ1v) is 12.8. The van der Waals surface area contributed by atoms with Crippen molar-refractivity contribution in [3.05, 3.63) is 71.4 Å². The van der Waals surface area contributed by atoms with Gasteiger partial charge in [-0.15, -0.1) is 0 Å². The van der Waals surface area contributed by atoms with Crippen LogP contribution in [0.5, 0.6) is 0 Å². The Bertz CT molecular complexity index is 656. The monoisotopic (exact) mass is 507 g/mol. The van der Waals surface area contributed by atoms with Crippen LogP contribution in [-0.2, 0) is 4.43 Å². The molecule has 1 radical (unpaired) electrons. The third-order valence-electron chi connectivity index (χ3n) is 4.73. The molecular formula is C23H29Br2OSi. The standard InChI is InChI=1S/C23H29Br2OSi/c1-23(2,3)19(11-10-16-24)17-20(25)18-26-27(21-12-6-4-7-13-21)22-14-8-5-9-15-22/h4-9,12-15,18-19H,10-11,16-17H2,1-3H3. The largest absolute Gasteiger partial charge is 0.538 e. The van der Waals surface area contributed by atoms with Crippen molar-refractivity contribution in [3.8, 4) is 0 Å². The maximum Gasteiger partial charge on any atom is 0.352 e. The van der Waals surface area contributed by atoms with E-state index in [0.717, 1.165) is 16.2 Å². The first-order chi connectivity index (χ1) is 12.9. The van der Waals surface area contributed by atoms with Gasteiger partial charge >= 0.3 is 9.04 Å². The number of halogens is 2. The van der Waals surface area contributed by atoms with Gasteiger partial charge in [-0.2, -0.15) is 0 Å². The molecule has 0 saturated carbocycles. The first-order valence-electron chi connectivity index (χ1n) is 9.46. The lowest BCUT2D eigenvalue weighted by Gasteiger charge is -2.30.